The van der Waals surface area contributed by atoms with E-state index in [-0.39, 0.29) is 25.2 Å². The third-order valence-electron chi connectivity index (χ3n) is 2.06. The van der Waals surface area contributed by atoms with E-state index in [0.29, 0.717) is 11.1 Å². The average Bonchev–Trinajstić information content (AvgIpc) is 2.31. The van der Waals surface area contributed by atoms with E-state index in [9.17, 15) is 9.59 Å². The highest BCUT2D eigenvalue weighted by Gasteiger charge is 2.06. The molecule has 0 spiro atoms. The van der Waals surface area contributed by atoms with E-state index in [1.165, 1.54) is 0 Å². The van der Waals surface area contributed by atoms with Crippen LogP contribution >= 0.6 is 0 Å². The van der Waals surface area contributed by atoms with Crippen LogP contribution in [0.25, 0.3) is 0 Å². The molecule has 0 bridgehead atoms. The number of allylic oxidation sites excluding steroid dienone is 2. The second-order valence-corrected chi connectivity index (χ2v) is 3.22. The summed E-state index contributed by atoms with van der Waals surface area (Å²) in [5.41, 5.74) is 1.08. The van der Waals surface area contributed by atoms with Gasteiger partial charge >= 0.3 is 11.9 Å². The van der Waals surface area contributed by atoms with Gasteiger partial charge in [-0.05, 0) is 27.7 Å². The molecule has 0 atom stereocenters. The van der Waals surface area contributed by atoms with Crippen molar-refractivity contribution in [2.24, 2.45) is 0 Å². The van der Waals surface area contributed by atoms with E-state index in [1.54, 1.807) is 39.8 Å². The number of carbonyl (C=O) groups excluding carboxylic acids is 2. The topological polar surface area (TPSA) is 52.6 Å². The van der Waals surface area contributed by atoms with Crippen LogP contribution in [0.5, 0.6) is 0 Å². The zero-order valence-corrected chi connectivity index (χ0v) is 10.2. The van der Waals surface area contributed by atoms with Crippen LogP contribution in [-0.4, -0.2) is 25.2 Å². The molecule has 0 fully saturated rings. The van der Waals surface area contributed by atoms with Crippen LogP contribution in [0.1, 0.15) is 27.7 Å². The third kappa shape index (κ3) is 5.34. The molecule has 0 aliphatic heterocycles. The van der Waals surface area contributed by atoms with Gasteiger partial charge in [-0.1, -0.05) is 12.2 Å². The van der Waals surface area contributed by atoms with Gasteiger partial charge in [0.1, 0.15) is 13.2 Å². The quantitative estimate of drug-likeness (QED) is 0.409. The molecule has 0 aromatic carbocycles. The minimum Gasteiger partial charge on any atom is -0.459 e. The molecule has 0 N–H and O–H groups in total. The Kier molecular flexibility index (Phi) is 6.92. The van der Waals surface area contributed by atoms with Gasteiger partial charge in [-0.3, -0.25) is 0 Å². The van der Waals surface area contributed by atoms with Gasteiger partial charge in [-0.2, -0.15) is 0 Å². The summed E-state index contributed by atoms with van der Waals surface area (Å²) in [5, 5.41) is 0. The van der Waals surface area contributed by atoms with Crippen LogP contribution in [0.15, 0.2) is 23.3 Å². The lowest BCUT2D eigenvalue weighted by Crippen LogP contribution is -2.14. The molecule has 0 saturated carbocycles. The molecule has 0 radical (unpaired) electrons. The lowest BCUT2D eigenvalue weighted by Gasteiger charge is -2.06. The molecule has 0 aromatic rings. The van der Waals surface area contributed by atoms with Crippen LogP contribution in [-0.2, 0) is 19.1 Å². The average molecular weight is 226 g/mol. The number of hydrogen-bond acceptors (Lipinski definition) is 4. The second kappa shape index (κ2) is 7.68. The largest absolute Gasteiger partial charge is 0.459 e. The lowest BCUT2D eigenvalue weighted by atomic mass is 10.3. The van der Waals surface area contributed by atoms with Crippen LogP contribution < -0.4 is 0 Å². The van der Waals surface area contributed by atoms with Crippen LogP contribution in [0, 0.1) is 0 Å². The Morgan fingerprint density at radius 1 is 0.875 bits per heavy atom. The van der Waals surface area contributed by atoms with Gasteiger partial charge in [0.15, 0.2) is 0 Å². The summed E-state index contributed by atoms with van der Waals surface area (Å²) in [6, 6.07) is 0. The summed E-state index contributed by atoms with van der Waals surface area (Å²) in [7, 11) is 0. The summed E-state index contributed by atoms with van der Waals surface area (Å²) >= 11 is 0. The first kappa shape index (κ1) is 14.4. The van der Waals surface area contributed by atoms with Gasteiger partial charge in [0, 0.05) is 11.1 Å². The highest BCUT2D eigenvalue weighted by molar-refractivity contribution is 5.88. The Labute approximate surface area is 95.9 Å². The fourth-order valence-electron chi connectivity index (χ4n) is 0.732. The van der Waals surface area contributed by atoms with Crippen LogP contribution in [0.4, 0.5) is 0 Å². The maximum absolute atomic E-state index is 11.2. The maximum Gasteiger partial charge on any atom is 0.333 e. The van der Waals surface area contributed by atoms with Crippen LogP contribution in [0.3, 0.4) is 0 Å². The van der Waals surface area contributed by atoms with Gasteiger partial charge in [-0.15, -0.1) is 0 Å². The Balaban J connectivity index is 3.78. The zero-order valence-electron chi connectivity index (χ0n) is 10.2. The number of hydrogen-bond donors (Lipinski definition) is 0. The molecule has 0 rings (SSSR count). The molecule has 0 aliphatic rings. The Morgan fingerprint density at radius 2 is 1.19 bits per heavy atom. The summed E-state index contributed by atoms with van der Waals surface area (Å²) < 4.78 is 9.71. The van der Waals surface area contributed by atoms with Crippen molar-refractivity contribution in [3.8, 4) is 0 Å². The van der Waals surface area contributed by atoms with E-state index in [4.69, 9.17) is 9.47 Å². The molecule has 0 heterocycles. The number of rotatable bonds is 5. The number of esters is 2. The van der Waals surface area contributed by atoms with Crippen molar-refractivity contribution >= 4 is 11.9 Å². The first-order valence-electron chi connectivity index (χ1n) is 5.13. The van der Waals surface area contributed by atoms with Crippen molar-refractivity contribution in [2.75, 3.05) is 13.2 Å². The predicted molar refractivity (Wildman–Crippen MR) is 60.8 cm³/mol. The zero-order chi connectivity index (χ0) is 12.6. The van der Waals surface area contributed by atoms with E-state index in [0.717, 1.165) is 0 Å². The van der Waals surface area contributed by atoms with Crippen molar-refractivity contribution in [3.63, 3.8) is 0 Å². The SMILES string of the molecule is CC=C(C)C(=O)OCCOC(=O)C(C)=CC. The predicted octanol–water partition coefficient (Wildman–Crippen LogP) is 2.01. The molecule has 0 amide bonds. The Morgan fingerprint density at radius 3 is 1.44 bits per heavy atom. The van der Waals surface area contributed by atoms with Gasteiger partial charge in [0.05, 0.1) is 0 Å². The summed E-state index contributed by atoms with van der Waals surface area (Å²) in [6.45, 7) is 6.99. The molecule has 4 nitrogen and oxygen atoms in total. The first-order chi connectivity index (χ1) is 7.52. The normalized spacial score (nSPS) is 12.2. The number of ether oxygens (including phenoxy) is 2. The highest BCUT2D eigenvalue weighted by atomic mass is 16.6. The minimum absolute atomic E-state index is 0.0761. The maximum atomic E-state index is 11.2. The summed E-state index contributed by atoms with van der Waals surface area (Å²) in [5.74, 6) is -0.775. The monoisotopic (exact) mass is 226 g/mol. The van der Waals surface area contributed by atoms with E-state index in [2.05, 4.69) is 0 Å². The molecule has 0 aromatic heterocycles. The van der Waals surface area contributed by atoms with E-state index >= 15 is 0 Å². The molecule has 4 heteroatoms. The van der Waals surface area contributed by atoms with Crippen molar-refractivity contribution in [2.45, 2.75) is 27.7 Å². The van der Waals surface area contributed by atoms with Crippen molar-refractivity contribution in [1.82, 2.24) is 0 Å². The molecule has 0 saturated heterocycles. The number of carbonyl (C=O) groups is 2. The van der Waals surface area contributed by atoms with Crippen molar-refractivity contribution < 1.29 is 19.1 Å². The second-order valence-electron chi connectivity index (χ2n) is 3.22. The van der Waals surface area contributed by atoms with Crippen molar-refractivity contribution in [3.05, 3.63) is 23.3 Å². The lowest BCUT2D eigenvalue weighted by molar-refractivity contribution is -0.147. The van der Waals surface area contributed by atoms with Crippen molar-refractivity contribution in [1.29, 1.82) is 0 Å². The van der Waals surface area contributed by atoms with Crippen LogP contribution in [0.2, 0.25) is 0 Å². The molecule has 0 unspecified atom stereocenters. The third-order valence-corrected chi connectivity index (χ3v) is 2.06. The summed E-state index contributed by atoms with van der Waals surface area (Å²) in [6.07, 6.45) is 3.33. The smallest absolute Gasteiger partial charge is 0.333 e. The fraction of sp³-hybridized carbons (Fsp3) is 0.500. The Bertz CT molecular complexity index is 281. The standard InChI is InChI=1S/C12H18O4/c1-5-9(3)11(13)15-7-8-16-12(14)10(4)6-2/h5-6H,7-8H2,1-4H3. The molecule has 16 heavy (non-hydrogen) atoms. The van der Waals surface area contributed by atoms with E-state index < -0.39 is 0 Å². The van der Waals surface area contributed by atoms with Gasteiger partial charge in [-0.25, -0.2) is 9.59 Å². The van der Waals surface area contributed by atoms with Gasteiger partial charge < -0.3 is 9.47 Å². The van der Waals surface area contributed by atoms with Gasteiger partial charge in [0.2, 0.25) is 0 Å². The molecule has 90 valence electrons. The fourth-order valence-corrected chi connectivity index (χ4v) is 0.732. The van der Waals surface area contributed by atoms with E-state index in [1.807, 2.05) is 0 Å². The Hall–Kier alpha value is -1.58. The summed E-state index contributed by atoms with van der Waals surface area (Å²) in [4.78, 5) is 22.3. The first-order valence-corrected chi connectivity index (χ1v) is 5.13. The minimum atomic E-state index is -0.388. The molecular formula is C12H18O4. The van der Waals surface area contributed by atoms with Gasteiger partial charge in [0.25, 0.3) is 0 Å². The molecule has 0 aliphatic carbocycles. The molecular weight excluding hydrogens is 208 g/mol. The highest BCUT2D eigenvalue weighted by Crippen LogP contribution is 1.98.